The zero-order chi connectivity index (χ0) is 13.6. The van der Waals surface area contributed by atoms with E-state index in [0.29, 0.717) is 12.4 Å². The van der Waals surface area contributed by atoms with Gasteiger partial charge in [-0.2, -0.15) is 4.76 Å². The molecular weight excluding hydrogens is 269 g/mol. The van der Waals surface area contributed by atoms with Crippen molar-refractivity contribution in [3.05, 3.63) is 24.0 Å². The van der Waals surface area contributed by atoms with E-state index in [1.165, 1.54) is 0 Å². The summed E-state index contributed by atoms with van der Waals surface area (Å²) in [6.45, 7) is 1.54. The van der Waals surface area contributed by atoms with Gasteiger partial charge in [0.15, 0.2) is 0 Å². The molecule has 0 saturated heterocycles. The zero-order valence-corrected chi connectivity index (χ0v) is 12.7. The van der Waals surface area contributed by atoms with Crippen LogP contribution in [0, 0.1) is 6.92 Å². The Morgan fingerprint density at radius 2 is 2.22 bits per heavy atom. The lowest BCUT2D eigenvalue weighted by Gasteiger charge is -2.18. The van der Waals surface area contributed by atoms with E-state index in [4.69, 9.17) is 20.9 Å². The number of pyridine rings is 1. The molecule has 0 saturated carbocycles. The molecule has 0 radical (unpaired) electrons. The Labute approximate surface area is 113 Å². The fourth-order valence-corrected chi connectivity index (χ4v) is 2.96. The van der Waals surface area contributed by atoms with Gasteiger partial charge in [0.25, 0.3) is 0 Å². The summed E-state index contributed by atoms with van der Waals surface area (Å²) in [6.07, 6.45) is 3.23. The minimum atomic E-state index is -2.69. The summed E-state index contributed by atoms with van der Waals surface area (Å²) >= 11 is 5.35. The molecule has 0 aromatic carbocycles. The molecule has 100 valence electrons. The van der Waals surface area contributed by atoms with Gasteiger partial charge in [-0.15, -0.1) is 0 Å². The Hall–Kier alpha value is -0.970. The molecule has 0 amide bonds. The number of rotatable bonds is 6. The van der Waals surface area contributed by atoms with E-state index in [9.17, 15) is 0 Å². The van der Waals surface area contributed by atoms with Gasteiger partial charge in [0, 0.05) is 31.6 Å². The monoisotopic (exact) mass is 287 g/mol. The van der Waals surface area contributed by atoms with Gasteiger partial charge in [-0.05, 0) is 26.0 Å². The summed E-state index contributed by atoms with van der Waals surface area (Å²) < 4.78 is 15.3. The second-order valence-corrected chi connectivity index (χ2v) is 6.80. The molecule has 0 N–H and O–H groups in total. The third-order valence-electron chi connectivity index (χ3n) is 1.82. The van der Waals surface area contributed by atoms with Crippen LogP contribution in [0.4, 0.5) is 0 Å². The van der Waals surface area contributed by atoms with Crippen LogP contribution in [-0.2, 0) is 16.3 Å². The van der Waals surface area contributed by atoms with Crippen LogP contribution >= 0.6 is 6.64 Å². The van der Waals surface area contributed by atoms with E-state index in [1.54, 1.807) is 17.4 Å². The molecule has 0 aliphatic rings. The van der Waals surface area contributed by atoms with Crippen molar-refractivity contribution in [2.75, 3.05) is 20.7 Å². The number of aromatic nitrogens is 1. The Balaban J connectivity index is 2.85. The maximum absolute atomic E-state index is 5.66. The highest BCUT2D eigenvalue weighted by molar-refractivity contribution is 8.09. The highest BCUT2D eigenvalue weighted by Gasteiger charge is 2.18. The molecule has 0 bridgehead atoms. The number of aryl methyl sites for hydroxylation is 1. The first-order valence-electron chi connectivity index (χ1n) is 5.54. The van der Waals surface area contributed by atoms with Crippen LogP contribution in [0.2, 0.25) is 0 Å². The molecule has 7 heteroatoms. The molecule has 1 atom stereocenters. The SMILES string of the molecule is CCOP(=S)(/N=C/N(C)C)Oc1ccc(C)nc1. The molecule has 1 rings (SSSR count). The molecule has 1 heterocycles. The van der Waals surface area contributed by atoms with Crippen molar-refractivity contribution in [1.29, 1.82) is 0 Å². The van der Waals surface area contributed by atoms with Crippen molar-refractivity contribution in [2.24, 2.45) is 4.76 Å². The van der Waals surface area contributed by atoms with Crippen LogP contribution in [0.15, 0.2) is 23.1 Å². The van der Waals surface area contributed by atoms with Crippen molar-refractivity contribution in [3.63, 3.8) is 0 Å². The maximum Gasteiger partial charge on any atom is 0.362 e. The van der Waals surface area contributed by atoms with Crippen molar-refractivity contribution in [3.8, 4) is 5.75 Å². The van der Waals surface area contributed by atoms with E-state index in [1.807, 2.05) is 40.1 Å². The zero-order valence-electron chi connectivity index (χ0n) is 11.0. The van der Waals surface area contributed by atoms with E-state index in [0.717, 1.165) is 5.69 Å². The van der Waals surface area contributed by atoms with E-state index in [2.05, 4.69) is 9.75 Å². The van der Waals surface area contributed by atoms with Crippen LogP contribution in [0.3, 0.4) is 0 Å². The fourth-order valence-electron chi connectivity index (χ4n) is 1.05. The molecule has 18 heavy (non-hydrogen) atoms. The van der Waals surface area contributed by atoms with Gasteiger partial charge in [0.1, 0.15) is 5.75 Å². The quantitative estimate of drug-likeness (QED) is 0.457. The molecule has 0 fully saturated rings. The van der Waals surface area contributed by atoms with Gasteiger partial charge in [0.2, 0.25) is 0 Å². The molecule has 0 spiro atoms. The molecule has 5 nitrogen and oxygen atoms in total. The summed E-state index contributed by atoms with van der Waals surface area (Å²) in [5.41, 5.74) is 0.920. The fraction of sp³-hybridized carbons (Fsp3) is 0.455. The second-order valence-electron chi connectivity index (χ2n) is 3.81. The Kier molecular flexibility index (Phi) is 5.72. The average molecular weight is 287 g/mol. The van der Waals surface area contributed by atoms with Gasteiger partial charge < -0.3 is 13.9 Å². The molecule has 1 aromatic heterocycles. The number of hydrogen-bond donors (Lipinski definition) is 0. The topological polar surface area (TPSA) is 47.0 Å². The van der Waals surface area contributed by atoms with Gasteiger partial charge in [-0.3, -0.25) is 4.98 Å². The predicted molar refractivity (Wildman–Crippen MR) is 77.7 cm³/mol. The van der Waals surface area contributed by atoms with E-state index >= 15 is 0 Å². The summed E-state index contributed by atoms with van der Waals surface area (Å²) in [7, 11) is 3.73. The van der Waals surface area contributed by atoms with Crippen LogP contribution in [0.5, 0.6) is 5.75 Å². The summed E-state index contributed by atoms with van der Waals surface area (Å²) in [4.78, 5) is 5.94. The van der Waals surface area contributed by atoms with Crippen molar-refractivity contribution >= 4 is 24.8 Å². The Morgan fingerprint density at radius 3 is 2.72 bits per heavy atom. The van der Waals surface area contributed by atoms with Gasteiger partial charge in [-0.1, -0.05) is 0 Å². The summed E-state index contributed by atoms with van der Waals surface area (Å²) in [6, 6.07) is 3.67. The number of hydrogen-bond acceptors (Lipinski definition) is 4. The summed E-state index contributed by atoms with van der Waals surface area (Å²) in [5.74, 6) is 0.577. The summed E-state index contributed by atoms with van der Waals surface area (Å²) in [5, 5.41) is 0. The van der Waals surface area contributed by atoms with Gasteiger partial charge >= 0.3 is 6.64 Å². The standard InChI is InChI=1S/C11H18N3O2PS/c1-5-15-17(18,13-9-14(3)4)16-11-7-6-10(2)12-8-11/h6-9H,5H2,1-4H3/b13-9+. The predicted octanol–water partition coefficient (Wildman–Crippen LogP) is 2.62. The average Bonchev–Trinajstić information content (AvgIpc) is 2.30. The molecule has 1 aromatic rings. The van der Waals surface area contributed by atoms with Crippen molar-refractivity contribution in [2.45, 2.75) is 13.8 Å². The van der Waals surface area contributed by atoms with Crippen LogP contribution < -0.4 is 4.52 Å². The maximum atomic E-state index is 5.66. The first-order valence-corrected chi connectivity index (χ1v) is 8.13. The first-order chi connectivity index (χ1) is 8.45. The molecule has 0 aliphatic carbocycles. The molecule has 0 aliphatic heterocycles. The lowest BCUT2D eigenvalue weighted by molar-refractivity contribution is 0.331. The lowest BCUT2D eigenvalue weighted by Crippen LogP contribution is -2.08. The van der Waals surface area contributed by atoms with Crippen LogP contribution in [0.1, 0.15) is 12.6 Å². The minimum absolute atomic E-state index is 0.460. The Morgan fingerprint density at radius 1 is 1.50 bits per heavy atom. The lowest BCUT2D eigenvalue weighted by atomic mass is 10.4. The molecular formula is C11H18N3O2PS. The second kappa shape index (κ2) is 6.83. The normalized spacial score (nSPS) is 14.4. The van der Waals surface area contributed by atoms with Crippen molar-refractivity contribution in [1.82, 2.24) is 9.88 Å². The van der Waals surface area contributed by atoms with Gasteiger partial charge in [-0.25, -0.2) is 0 Å². The van der Waals surface area contributed by atoms with E-state index in [-0.39, 0.29) is 0 Å². The minimum Gasteiger partial charge on any atom is -0.426 e. The van der Waals surface area contributed by atoms with Crippen molar-refractivity contribution < 1.29 is 9.05 Å². The first kappa shape index (κ1) is 15.1. The van der Waals surface area contributed by atoms with Gasteiger partial charge in [0.05, 0.1) is 19.1 Å². The van der Waals surface area contributed by atoms with Crippen LogP contribution in [-0.4, -0.2) is 36.9 Å². The third-order valence-corrected chi connectivity index (χ3v) is 4.06. The highest BCUT2D eigenvalue weighted by Crippen LogP contribution is 2.49. The molecule has 1 unspecified atom stereocenters. The third kappa shape index (κ3) is 5.12. The smallest absolute Gasteiger partial charge is 0.362 e. The highest BCUT2D eigenvalue weighted by atomic mass is 32.5. The van der Waals surface area contributed by atoms with E-state index < -0.39 is 6.64 Å². The number of nitrogens with zero attached hydrogens (tertiary/aromatic N) is 3. The largest absolute Gasteiger partial charge is 0.426 e. The Bertz CT molecular complexity index is 448. The van der Waals surface area contributed by atoms with Crippen LogP contribution in [0.25, 0.3) is 0 Å².